The van der Waals surface area contributed by atoms with Crippen LogP contribution in [-0.2, 0) is 6.54 Å². The van der Waals surface area contributed by atoms with E-state index in [1.54, 1.807) is 23.1 Å². The highest BCUT2D eigenvalue weighted by Crippen LogP contribution is 2.22. The second-order valence-corrected chi connectivity index (χ2v) is 5.11. The zero-order valence-corrected chi connectivity index (χ0v) is 12.8. The number of ether oxygens (including phenoxy) is 1. The molecule has 0 aliphatic rings. The number of hydrogen-bond acceptors (Lipinski definition) is 5. The topological polar surface area (TPSA) is 76.9 Å². The third-order valence-electron chi connectivity index (χ3n) is 3.40. The van der Waals surface area contributed by atoms with Crippen LogP contribution in [0.1, 0.15) is 17.7 Å². The Morgan fingerprint density at radius 1 is 1.26 bits per heavy atom. The molecule has 6 heteroatoms. The Morgan fingerprint density at radius 2 is 2.09 bits per heavy atom. The summed E-state index contributed by atoms with van der Waals surface area (Å²) < 4.78 is 12.7. The minimum atomic E-state index is 0.263. The summed E-state index contributed by atoms with van der Waals surface area (Å²) in [4.78, 5) is 0. The maximum atomic E-state index is 9.14. The standard InChI is InChI=1S/C17H16N4O2/c1-13-5-7-14(8-6-13)22-11-3-9-21-17(15(12-18)19-20-21)16-4-2-10-23-16/h2,4-8,10H,3,9,11H2,1H3. The van der Waals surface area contributed by atoms with Gasteiger partial charge in [0.25, 0.3) is 0 Å². The van der Waals surface area contributed by atoms with Gasteiger partial charge in [-0.05, 0) is 31.2 Å². The molecule has 0 saturated heterocycles. The van der Waals surface area contributed by atoms with Crippen LogP contribution < -0.4 is 4.74 Å². The van der Waals surface area contributed by atoms with Crippen LogP contribution in [0, 0.1) is 18.3 Å². The Labute approximate surface area is 133 Å². The van der Waals surface area contributed by atoms with Gasteiger partial charge in [0, 0.05) is 13.0 Å². The molecule has 0 unspecified atom stereocenters. The van der Waals surface area contributed by atoms with E-state index < -0.39 is 0 Å². The summed E-state index contributed by atoms with van der Waals surface area (Å²) in [6, 6.07) is 13.5. The van der Waals surface area contributed by atoms with Gasteiger partial charge in [0.1, 0.15) is 17.5 Å². The zero-order chi connectivity index (χ0) is 16.1. The van der Waals surface area contributed by atoms with Gasteiger partial charge in [0.15, 0.2) is 11.5 Å². The average molecular weight is 308 g/mol. The number of rotatable bonds is 6. The first-order chi connectivity index (χ1) is 11.3. The van der Waals surface area contributed by atoms with Crippen LogP contribution in [0.2, 0.25) is 0 Å². The van der Waals surface area contributed by atoms with E-state index in [9.17, 15) is 0 Å². The molecule has 0 atom stereocenters. The van der Waals surface area contributed by atoms with Crippen molar-refractivity contribution in [1.82, 2.24) is 15.0 Å². The van der Waals surface area contributed by atoms with Crippen molar-refractivity contribution in [2.75, 3.05) is 6.61 Å². The van der Waals surface area contributed by atoms with Gasteiger partial charge in [0.05, 0.1) is 12.9 Å². The number of benzene rings is 1. The van der Waals surface area contributed by atoms with Crippen molar-refractivity contribution in [1.29, 1.82) is 5.26 Å². The lowest BCUT2D eigenvalue weighted by Crippen LogP contribution is -2.07. The molecule has 3 rings (SSSR count). The summed E-state index contributed by atoms with van der Waals surface area (Å²) in [6.45, 7) is 3.19. The lowest BCUT2D eigenvalue weighted by Gasteiger charge is -2.07. The van der Waals surface area contributed by atoms with Gasteiger partial charge in [-0.3, -0.25) is 0 Å². The molecular formula is C17H16N4O2. The van der Waals surface area contributed by atoms with E-state index in [1.807, 2.05) is 37.3 Å². The monoisotopic (exact) mass is 308 g/mol. The largest absolute Gasteiger partial charge is 0.494 e. The lowest BCUT2D eigenvalue weighted by molar-refractivity contribution is 0.298. The number of aryl methyl sites for hydroxylation is 2. The first kappa shape index (κ1) is 14.9. The Hall–Kier alpha value is -3.07. The van der Waals surface area contributed by atoms with Gasteiger partial charge in [-0.15, -0.1) is 5.10 Å². The van der Waals surface area contributed by atoms with Crippen molar-refractivity contribution in [2.45, 2.75) is 19.9 Å². The minimum Gasteiger partial charge on any atom is -0.494 e. The van der Waals surface area contributed by atoms with Crippen LogP contribution in [-0.4, -0.2) is 21.6 Å². The SMILES string of the molecule is Cc1ccc(OCCCn2nnc(C#N)c2-c2ccco2)cc1. The molecule has 2 heterocycles. The van der Waals surface area contributed by atoms with E-state index in [1.165, 1.54) is 5.56 Å². The third kappa shape index (κ3) is 3.40. The quantitative estimate of drug-likeness (QED) is 0.654. The molecule has 0 aliphatic heterocycles. The molecule has 6 nitrogen and oxygen atoms in total. The highest BCUT2D eigenvalue weighted by Gasteiger charge is 2.16. The fourth-order valence-corrected chi connectivity index (χ4v) is 2.24. The molecule has 116 valence electrons. The molecule has 0 spiro atoms. The van der Waals surface area contributed by atoms with Crippen molar-refractivity contribution in [3.05, 3.63) is 53.9 Å². The predicted octanol–water partition coefficient (Wildman–Crippen LogP) is 3.19. The van der Waals surface area contributed by atoms with E-state index in [-0.39, 0.29) is 5.69 Å². The second kappa shape index (κ2) is 6.79. The number of nitrogens with zero attached hydrogens (tertiary/aromatic N) is 4. The smallest absolute Gasteiger partial charge is 0.193 e. The zero-order valence-electron chi connectivity index (χ0n) is 12.8. The van der Waals surface area contributed by atoms with Crippen molar-refractivity contribution in [3.8, 4) is 23.3 Å². The fourth-order valence-electron chi connectivity index (χ4n) is 2.24. The van der Waals surface area contributed by atoms with Crippen LogP contribution in [0.15, 0.2) is 47.1 Å². The van der Waals surface area contributed by atoms with Crippen LogP contribution in [0.5, 0.6) is 5.75 Å². The Kier molecular flexibility index (Phi) is 4.39. The Balaban J connectivity index is 1.62. The molecule has 3 aromatic rings. The van der Waals surface area contributed by atoms with E-state index >= 15 is 0 Å². The number of aromatic nitrogens is 3. The first-order valence-corrected chi connectivity index (χ1v) is 7.35. The summed E-state index contributed by atoms with van der Waals surface area (Å²) in [5.41, 5.74) is 2.07. The van der Waals surface area contributed by atoms with E-state index in [2.05, 4.69) is 10.3 Å². The normalized spacial score (nSPS) is 10.4. The molecule has 0 fully saturated rings. The van der Waals surface area contributed by atoms with Crippen molar-refractivity contribution in [2.24, 2.45) is 0 Å². The lowest BCUT2D eigenvalue weighted by atomic mass is 10.2. The van der Waals surface area contributed by atoms with E-state index in [0.717, 1.165) is 12.2 Å². The number of hydrogen-bond donors (Lipinski definition) is 0. The predicted molar refractivity (Wildman–Crippen MR) is 83.7 cm³/mol. The molecule has 1 aromatic carbocycles. The molecular weight excluding hydrogens is 292 g/mol. The van der Waals surface area contributed by atoms with E-state index in [4.69, 9.17) is 14.4 Å². The molecule has 2 aromatic heterocycles. The molecule has 0 aliphatic carbocycles. The van der Waals surface area contributed by atoms with Gasteiger partial charge in [-0.2, -0.15) is 5.26 Å². The van der Waals surface area contributed by atoms with Crippen molar-refractivity contribution >= 4 is 0 Å². The maximum Gasteiger partial charge on any atom is 0.193 e. The summed E-state index contributed by atoms with van der Waals surface area (Å²) in [5, 5.41) is 17.1. The summed E-state index contributed by atoms with van der Waals surface area (Å²) in [5.74, 6) is 1.43. The van der Waals surface area contributed by atoms with Gasteiger partial charge < -0.3 is 9.15 Å². The van der Waals surface area contributed by atoms with Crippen LogP contribution in [0.4, 0.5) is 0 Å². The average Bonchev–Trinajstić information content (AvgIpc) is 3.22. The number of nitriles is 1. The van der Waals surface area contributed by atoms with Crippen LogP contribution in [0.3, 0.4) is 0 Å². The van der Waals surface area contributed by atoms with E-state index in [0.29, 0.717) is 24.6 Å². The highest BCUT2D eigenvalue weighted by atomic mass is 16.5. The summed E-state index contributed by atoms with van der Waals surface area (Å²) in [6.07, 6.45) is 2.31. The second-order valence-electron chi connectivity index (χ2n) is 5.11. The molecule has 0 bridgehead atoms. The van der Waals surface area contributed by atoms with Crippen molar-refractivity contribution < 1.29 is 9.15 Å². The third-order valence-corrected chi connectivity index (χ3v) is 3.40. The Morgan fingerprint density at radius 3 is 2.78 bits per heavy atom. The first-order valence-electron chi connectivity index (χ1n) is 7.35. The molecule has 0 saturated carbocycles. The number of furan rings is 1. The molecule has 23 heavy (non-hydrogen) atoms. The van der Waals surface area contributed by atoms with Gasteiger partial charge in [-0.1, -0.05) is 22.9 Å². The van der Waals surface area contributed by atoms with Gasteiger partial charge in [-0.25, -0.2) is 4.68 Å². The van der Waals surface area contributed by atoms with Crippen LogP contribution >= 0.6 is 0 Å². The molecule has 0 N–H and O–H groups in total. The summed E-state index contributed by atoms with van der Waals surface area (Å²) >= 11 is 0. The van der Waals surface area contributed by atoms with Crippen LogP contribution in [0.25, 0.3) is 11.5 Å². The Bertz CT molecular complexity index is 798. The highest BCUT2D eigenvalue weighted by molar-refractivity contribution is 5.58. The fraction of sp³-hybridized carbons (Fsp3) is 0.235. The van der Waals surface area contributed by atoms with Crippen molar-refractivity contribution in [3.63, 3.8) is 0 Å². The maximum absolute atomic E-state index is 9.14. The molecule has 0 radical (unpaired) electrons. The molecule has 0 amide bonds. The minimum absolute atomic E-state index is 0.263. The summed E-state index contributed by atoms with van der Waals surface area (Å²) in [7, 11) is 0. The van der Waals surface area contributed by atoms with Gasteiger partial charge in [0.2, 0.25) is 0 Å². The van der Waals surface area contributed by atoms with Gasteiger partial charge >= 0.3 is 0 Å².